The molecule has 1 aliphatic carbocycles. The molecular formula is C18H24FN3O. The summed E-state index contributed by atoms with van der Waals surface area (Å²) in [6.07, 6.45) is 7.55. The van der Waals surface area contributed by atoms with Crippen molar-refractivity contribution in [3.05, 3.63) is 53.6 Å². The lowest BCUT2D eigenvalue weighted by molar-refractivity contribution is 0.100. The highest BCUT2D eigenvalue weighted by molar-refractivity contribution is 5.29. The van der Waals surface area contributed by atoms with Crippen LogP contribution in [0, 0.1) is 11.7 Å². The molecule has 0 amide bonds. The average molecular weight is 317 g/mol. The Morgan fingerprint density at radius 2 is 2.26 bits per heavy atom. The Morgan fingerprint density at radius 1 is 1.39 bits per heavy atom. The minimum Gasteiger partial charge on any atom is -0.393 e. The number of halogens is 1. The first-order valence-corrected chi connectivity index (χ1v) is 8.27. The van der Waals surface area contributed by atoms with Crippen LogP contribution in [0.5, 0.6) is 0 Å². The second-order valence-electron chi connectivity index (χ2n) is 6.53. The Hall–Kier alpha value is -1.72. The van der Waals surface area contributed by atoms with Crippen LogP contribution in [-0.2, 0) is 7.05 Å². The van der Waals surface area contributed by atoms with Gasteiger partial charge in [0.15, 0.2) is 0 Å². The number of aromatic nitrogens is 2. The zero-order valence-corrected chi connectivity index (χ0v) is 13.5. The van der Waals surface area contributed by atoms with E-state index in [1.54, 1.807) is 16.8 Å². The minimum atomic E-state index is -0.230. The van der Waals surface area contributed by atoms with Gasteiger partial charge in [-0.15, -0.1) is 0 Å². The molecule has 1 fully saturated rings. The maximum absolute atomic E-state index is 13.6. The van der Waals surface area contributed by atoms with E-state index in [-0.39, 0.29) is 18.0 Å². The van der Waals surface area contributed by atoms with Gasteiger partial charge in [0.2, 0.25) is 0 Å². The lowest BCUT2D eigenvalue weighted by atomic mass is 9.87. The first-order chi connectivity index (χ1) is 11.1. The van der Waals surface area contributed by atoms with Crippen molar-refractivity contribution in [3.8, 4) is 0 Å². The van der Waals surface area contributed by atoms with E-state index >= 15 is 0 Å². The highest BCUT2D eigenvalue weighted by atomic mass is 19.1. The Balaban J connectivity index is 1.75. The van der Waals surface area contributed by atoms with Gasteiger partial charge < -0.3 is 10.4 Å². The molecule has 3 atom stereocenters. The standard InChI is InChI=1S/C18H24FN3O/c1-22-12-15(11-21-22)18(14-5-3-6-16(19)9-14)20-10-13-4-2-7-17(23)8-13/h3,5-6,9,11-13,17-18,20,23H,2,4,7-8,10H2,1H3. The van der Waals surface area contributed by atoms with Gasteiger partial charge in [-0.05, 0) is 49.4 Å². The molecule has 1 aromatic heterocycles. The van der Waals surface area contributed by atoms with Crippen molar-refractivity contribution in [3.63, 3.8) is 0 Å². The predicted octanol–water partition coefficient (Wildman–Crippen LogP) is 2.79. The molecule has 1 aliphatic rings. The van der Waals surface area contributed by atoms with Crippen molar-refractivity contribution in [2.75, 3.05) is 6.54 Å². The molecule has 1 aromatic carbocycles. The molecule has 0 bridgehead atoms. The Kier molecular flexibility index (Phi) is 5.08. The van der Waals surface area contributed by atoms with Crippen molar-refractivity contribution in [1.29, 1.82) is 0 Å². The topological polar surface area (TPSA) is 50.1 Å². The summed E-state index contributed by atoms with van der Waals surface area (Å²) in [5, 5.41) is 17.6. The lowest BCUT2D eigenvalue weighted by Crippen LogP contribution is -2.32. The molecule has 0 radical (unpaired) electrons. The number of aliphatic hydroxyl groups is 1. The molecule has 4 nitrogen and oxygen atoms in total. The molecule has 2 N–H and O–H groups in total. The van der Waals surface area contributed by atoms with E-state index < -0.39 is 0 Å². The fourth-order valence-corrected chi connectivity index (χ4v) is 3.44. The fraction of sp³-hybridized carbons (Fsp3) is 0.500. The second kappa shape index (κ2) is 7.23. The third-order valence-corrected chi connectivity index (χ3v) is 4.61. The normalized spacial score (nSPS) is 22.9. The van der Waals surface area contributed by atoms with Crippen molar-refractivity contribution < 1.29 is 9.50 Å². The third-order valence-electron chi connectivity index (χ3n) is 4.61. The Labute approximate surface area is 136 Å². The maximum atomic E-state index is 13.6. The first-order valence-electron chi connectivity index (χ1n) is 8.27. The molecule has 0 saturated heterocycles. The van der Waals surface area contributed by atoms with E-state index in [2.05, 4.69) is 10.4 Å². The summed E-state index contributed by atoms with van der Waals surface area (Å²) in [6, 6.07) is 6.61. The predicted molar refractivity (Wildman–Crippen MR) is 87.4 cm³/mol. The van der Waals surface area contributed by atoms with Gasteiger partial charge in [-0.3, -0.25) is 4.68 Å². The van der Waals surface area contributed by atoms with Crippen LogP contribution in [0.15, 0.2) is 36.7 Å². The summed E-state index contributed by atoms with van der Waals surface area (Å²) in [4.78, 5) is 0. The highest BCUT2D eigenvalue weighted by Crippen LogP contribution is 2.26. The van der Waals surface area contributed by atoms with E-state index in [4.69, 9.17) is 0 Å². The number of benzene rings is 1. The van der Waals surface area contributed by atoms with Gasteiger partial charge in [-0.2, -0.15) is 5.10 Å². The van der Waals surface area contributed by atoms with Crippen LogP contribution in [-0.4, -0.2) is 27.5 Å². The molecular weight excluding hydrogens is 293 g/mol. The third kappa shape index (κ3) is 4.18. The van der Waals surface area contributed by atoms with Gasteiger partial charge in [-0.1, -0.05) is 18.6 Å². The Morgan fingerprint density at radius 3 is 2.96 bits per heavy atom. The van der Waals surface area contributed by atoms with Crippen molar-refractivity contribution in [2.24, 2.45) is 13.0 Å². The van der Waals surface area contributed by atoms with Crippen LogP contribution in [0.3, 0.4) is 0 Å². The zero-order chi connectivity index (χ0) is 16.2. The van der Waals surface area contributed by atoms with E-state index in [9.17, 15) is 9.50 Å². The smallest absolute Gasteiger partial charge is 0.123 e. The number of aliphatic hydroxyl groups excluding tert-OH is 1. The monoisotopic (exact) mass is 317 g/mol. The molecule has 3 rings (SSSR count). The van der Waals surface area contributed by atoms with Gasteiger partial charge in [0.25, 0.3) is 0 Å². The molecule has 0 aliphatic heterocycles. The van der Waals surface area contributed by atoms with Crippen molar-refractivity contribution in [2.45, 2.75) is 37.8 Å². The largest absolute Gasteiger partial charge is 0.393 e. The van der Waals surface area contributed by atoms with Crippen LogP contribution < -0.4 is 5.32 Å². The number of nitrogens with zero attached hydrogens (tertiary/aromatic N) is 2. The van der Waals surface area contributed by atoms with E-state index in [0.717, 1.165) is 43.4 Å². The number of nitrogens with one attached hydrogen (secondary N) is 1. The highest BCUT2D eigenvalue weighted by Gasteiger charge is 2.22. The van der Waals surface area contributed by atoms with Crippen molar-refractivity contribution in [1.82, 2.24) is 15.1 Å². The van der Waals surface area contributed by atoms with Gasteiger partial charge in [0.05, 0.1) is 18.3 Å². The number of rotatable bonds is 5. The van der Waals surface area contributed by atoms with Gasteiger partial charge in [0, 0.05) is 18.8 Å². The second-order valence-corrected chi connectivity index (χ2v) is 6.53. The molecule has 1 heterocycles. The maximum Gasteiger partial charge on any atom is 0.123 e. The van der Waals surface area contributed by atoms with E-state index in [1.165, 1.54) is 6.07 Å². The summed E-state index contributed by atoms with van der Waals surface area (Å²) in [6.45, 7) is 0.813. The van der Waals surface area contributed by atoms with Crippen LogP contribution in [0.1, 0.15) is 42.9 Å². The van der Waals surface area contributed by atoms with E-state index in [1.807, 2.05) is 25.5 Å². The summed E-state index contributed by atoms with van der Waals surface area (Å²) >= 11 is 0. The van der Waals surface area contributed by atoms with Gasteiger partial charge in [0.1, 0.15) is 5.82 Å². The minimum absolute atomic E-state index is 0.0848. The molecule has 5 heteroatoms. The van der Waals surface area contributed by atoms with Gasteiger partial charge in [-0.25, -0.2) is 4.39 Å². The van der Waals surface area contributed by atoms with Crippen LogP contribution in [0.25, 0.3) is 0 Å². The average Bonchev–Trinajstić information content (AvgIpc) is 2.94. The van der Waals surface area contributed by atoms with Crippen LogP contribution in [0.2, 0.25) is 0 Å². The molecule has 23 heavy (non-hydrogen) atoms. The van der Waals surface area contributed by atoms with Crippen LogP contribution >= 0.6 is 0 Å². The SMILES string of the molecule is Cn1cc(C(NCC2CCCC(O)C2)c2cccc(F)c2)cn1. The molecule has 2 aromatic rings. The first kappa shape index (κ1) is 16.1. The summed E-state index contributed by atoms with van der Waals surface area (Å²) in [7, 11) is 1.88. The quantitative estimate of drug-likeness (QED) is 0.891. The lowest BCUT2D eigenvalue weighted by Gasteiger charge is -2.28. The van der Waals surface area contributed by atoms with E-state index in [0.29, 0.717) is 5.92 Å². The number of hydrogen-bond acceptors (Lipinski definition) is 3. The summed E-state index contributed by atoms with van der Waals surface area (Å²) in [5.74, 6) is 0.234. The zero-order valence-electron chi connectivity index (χ0n) is 13.5. The van der Waals surface area contributed by atoms with Crippen LogP contribution in [0.4, 0.5) is 4.39 Å². The Bertz CT molecular complexity index is 643. The molecule has 0 spiro atoms. The summed E-state index contributed by atoms with van der Waals surface area (Å²) in [5.41, 5.74) is 1.92. The fourth-order valence-electron chi connectivity index (χ4n) is 3.44. The number of aryl methyl sites for hydroxylation is 1. The molecule has 1 saturated carbocycles. The molecule has 3 unspecified atom stereocenters. The van der Waals surface area contributed by atoms with Gasteiger partial charge >= 0.3 is 0 Å². The molecule has 124 valence electrons. The summed E-state index contributed by atoms with van der Waals surface area (Å²) < 4.78 is 15.4. The number of hydrogen-bond donors (Lipinski definition) is 2. The van der Waals surface area contributed by atoms with Crippen molar-refractivity contribution >= 4 is 0 Å².